The number of nitrogens with one attached hydrogen (secondary N) is 1. The summed E-state index contributed by atoms with van der Waals surface area (Å²) in [6.45, 7) is 6.91. The largest absolute Gasteiger partial charge is 0.478 e. The summed E-state index contributed by atoms with van der Waals surface area (Å²) in [7, 11) is 0. The van der Waals surface area contributed by atoms with Crippen molar-refractivity contribution in [3.05, 3.63) is 29.8 Å². The van der Waals surface area contributed by atoms with Crippen LogP contribution in [0, 0.1) is 0 Å². The number of unbranched alkanes of at least 4 members (excludes halogenated alkanes) is 1. The van der Waals surface area contributed by atoms with Crippen LogP contribution in [0.2, 0.25) is 0 Å². The normalized spacial score (nSPS) is 11.8. The summed E-state index contributed by atoms with van der Waals surface area (Å²) in [5, 5.41) is 11.7. The molecule has 0 heterocycles. The first kappa shape index (κ1) is 17.0. The smallest absolute Gasteiger partial charge is 0.335 e. The van der Waals surface area contributed by atoms with E-state index in [1.165, 1.54) is 12.1 Å². The molecule has 5 nitrogen and oxygen atoms in total. The summed E-state index contributed by atoms with van der Waals surface area (Å²) in [5.41, 5.74) is 0.813. The molecule has 1 unspecified atom stereocenters. The third kappa shape index (κ3) is 5.10. The van der Waals surface area contributed by atoms with E-state index in [-0.39, 0.29) is 17.6 Å². The molecule has 0 saturated heterocycles. The standard InChI is InChI=1S/C16H24N2O3/c1-4-6-11-18(12(3)5-2)16(21)17-14-9-7-13(8-10-14)15(19)20/h7-10,12H,4-6,11H2,1-3H3,(H,17,21)(H,19,20). The topological polar surface area (TPSA) is 69.6 Å². The van der Waals surface area contributed by atoms with Gasteiger partial charge < -0.3 is 15.3 Å². The summed E-state index contributed by atoms with van der Waals surface area (Å²) in [5.74, 6) is -0.975. The van der Waals surface area contributed by atoms with Gasteiger partial charge in [-0.3, -0.25) is 0 Å². The number of carboxylic acids is 1. The maximum Gasteiger partial charge on any atom is 0.335 e. The van der Waals surface area contributed by atoms with E-state index in [0.717, 1.165) is 25.8 Å². The Morgan fingerprint density at radius 3 is 2.33 bits per heavy atom. The fourth-order valence-electron chi connectivity index (χ4n) is 1.96. The Kier molecular flexibility index (Phi) is 6.72. The molecule has 0 aliphatic heterocycles. The first-order valence-corrected chi connectivity index (χ1v) is 7.40. The molecule has 0 bridgehead atoms. The minimum Gasteiger partial charge on any atom is -0.478 e. The zero-order valence-corrected chi connectivity index (χ0v) is 12.9. The molecule has 2 amide bonds. The van der Waals surface area contributed by atoms with Crippen LogP contribution < -0.4 is 5.32 Å². The van der Waals surface area contributed by atoms with E-state index >= 15 is 0 Å². The number of hydrogen-bond donors (Lipinski definition) is 2. The molecule has 0 saturated carbocycles. The Morgan fingerprint density at radius 1 is 1.24 bits per heavy atom. The van der Waals surface area contributed by atoms with Gasteiger partial charge in [-0.2, -0.15) is 0 Å². The quantitative estimate of drug-likeness (QED) is 0.802. The van der Waals surface area contributed by atoms with Crippen molar-refractivity contribution in [2.24, 2.45) is 0 Å². The van der Waals surface area contributed by atoms with E-state index in [1.54, 1.807) is 12.1 Å². The lowest BCUT2D eigenvalue weighted by molar-refractivity contribution is 0.0697. The molecule has 5 heteroatoms. The molecule has 2 N–H and O–H groups in total. The highest BCUT2D eigenvalue weighted by Gasteiger charge is 2.18. The van der Waals surface area contributed by atoms with Gasteiger partial charge in [-0.25, -0.2) is 9.59 Å². The number of carbonyl (C=O) groups is 2. The van der Waals surface area contributed by atoms with Crippen LogP contribution in [0.15, 0.2) is 24.3 Å². The van der Waals surface area contributed by atoms with Gasteiger partial charge in [0.2, 0.25) is 0 Å². The minimum atomic E-state index is -0.975. The molecule has 1 rings (SSSR count). The van der Waals surface area contributed by atoms with Gasteiger partial charge >= 0.3 is 12.0 Å². The number of benzene rings is 1. The highest BCUT2D eigenvalue weighted by Crippen LogP contribution is 2.13. The number of aromatic carboxylic acids is 1. The Bertz CT molecular complexity index is 471. The summed E-state index contributed by atoms with van der Waals surface area (Å²) >= 11 is 0. The van der Waals surface area contributed by atoms with Gasteiger partial charge in [0.1, 0.15) is 0 Å². The van der Waals surface area contributed by atoms with E-state index in [4.69, 9.17) is 5.11 Å². The van der Waals surface area contributed by atoms with Crippen molar-refractivity contribution in [2.45, 2.75) is 46.1 Å². The van der Waals surface area contributed by atoms with Crippen LogP contribution in [-0.2, 0) is 0 Å². The molecule has 0 fully saturated rings. The second-order valence-electron chi connectivity index (χ2n) is 5.12. The highest BCUT2D eigenvalue weighted by atomic mass is 16.4. The van der Waals surface area contributed by atoms with Crippen LogP contribution in [0.1, 0.15) is 50.4 Å². The van der Waals surface area contributed by atoms with E-state index in [0.29, 0.717) is 5.69 Å². The molecule has 1 aromatic carbocycles. The lowest BCUT2D eigenvalue weighted by Crippen LogP contribution is -2.41. The average Bonchev–Trinajstić information content (AvgIpc) is 2.47. The van der Waals surface area contributed by atoms with Crippen LogP contribution in [0.5, 0.6) is 0 Å². The Hall–Kier alpha value is -2.04. The third-order valence-electron chi connectivity index (χ3n) is 3.52. The molecule has 21 heavy (non-hydrogen) atoms. The SMILES string of the molecule is CCCCN(C(=O)Nc1ccc(C(=O)O)cc1)C(C)CC. The van der Waals surface area contributed by atoms with Gasteiger partial charge in [-0.15, -0.1) is 0 Å². The molecule has 0 radical (unpaired) electrons. The van der Waals surface area contributed by atoms with Crippen molar-refractivity contribution >= 4 is 17.7 Å². The van der Waals surface area contributed by atoms with Gasteiger partial charge in [0.15, 0.2) is 0 Å². The molecule has 0 aliphatic carbocycles. The number of amides is 2. The maximum absolute atomic E-state index is 12.3. The van der Waals surface area contributed by atoms with Gasteiger partial charge in [-0.1, -0.05) is 20.3 Å². The Labute approximate surface area is 126 Å². The lowest BCUT2D eigenvalue weighted by atomic mass is 10.2. The molecule has 1 atom stereocenters. The third-order valence-corrected chi connectivity index (χ3v) is 3.52. The van der Waals surface area contributed by atoms with E-state index in [1.807, 2.05) is 11.8 Å². The van der Waals surface area contributed by atoms with Crippen molar-refractivity contribution < 1.29 is 14.7 Å². The summed E-state index contributed by atoms with van der Waals surface area (Å²) in [6.07, 6.45) is 2.90. The molecule has 0 aliphatic rings. The van der Waals surface area contributed by atoms with E-state index in [2.05, 4.69) is 19.2 Å². The second kappa shape index (κ2) is 8.29. The van der Waals surface area contributed by atoms with Crippen LogP contribution in [-0.4, -0.2) is 34.6 Å². The highest BCUT2D eigenvalue weighted by molar-refractivity contribution is 5.91. The first-order valence-electron chi connectivity index (χ1n) is 7.40. The number of carbonyl (C=O) groups excluding carboxylic acids is 1. The number of urea groups is 1. The van der Waals surface area contributed by atoms with Gasteiger partial charge in [0.05, 0.1) is 5.56 Å². The summed E-state index contributed by atoms with van der Waals surface area (Å²) in [6, 6.07) is 6.22. The molecule has 0 spiro atoms. The zero-order valence-electron chi connectivity index (χ0n) is 12.9. The van der Waals surface area contributed by atoms with Crippen molar-refractivity contribution in [3.63, 3.8) is 0 Å². The Balaban J connectivity index is 2.73. The zero-order chi connectivity index (χ0) is 15.8. The van der Waals surface area contributed by atoms with Crippen molar-refractivity contribution in [1.29, 1.82) is 0 Å². The summed E-state index contributed by atoms with van der Waals surface area (Å²) < 4.78 is 0. The predicted molar refractivity (Wildman–Crippen MR) is 83.8 cm³/mol. The fourth-order valence-corrected chi connectivity index (χ4v) is 1.96. The molecule has 0 aromatic heterocycles. The molecular formula is C16H24N2O3. The number of rotatable bonds is 7. The fraction of sp³-hybridized carbons (Fsp3) is 0.500. The summed E-state index contributed by atoms with van der Waals surface area (Å²) in [4.78, 5) is 25.0. The lowest BCUT2D eigenvalue weighted by Gasteiger charge is -2.28. The van der Waals surface area contributed by atoms with E-state index in [9.17, 15) is 9.59 Å². The number of nitrogens with zero attached hydrogens (tertiary/aromatic N) is 1. The number of anilines is 1. The predicted octanol–water partition coefficient (Wildman–Crippen LogP) is 3.82. The van der Waals surface area contributed by atoms with Crippen LogP contribution >= 0.6 is 0 Å². The molecule has 1 aromatic rings. The van der Waals surface area contributed by atoms with Gasteiger partial charge in [0.25, 0.3) is 0 Å². The second-order valence-corrected chi connectivity index (χ2v) is 5.12. The van der Waals surface area contributed by atoms with Crippen molar-refractivity contribution in [1.82, 2.24) is 4.90 Å². The minimum absolute atomic E-state index is 0.138. The number of hydrogen-bond acceptors (Lipinski definition) is 2. The monoisotopic (exact) mass is 292 g/mol. The maximum atomic E-state index is 12.3. The van der Waals surface area contributed by atoms with Crippen LogP contribution in [0.3, 0.4) is 0 Å². The van der Waals surface area contributed by atoms with Crippen LogP contribution in [0.25, 0.3) is 0 Å². The molecule has 116 valence electrons. The number of carboxylic acid groups (broad SMARTS) is 1. The first-order chi connectivity index (χ1) is 9.99. The van der Waals surface area contributed by atoms with Crippen molar-refractivity contribution in [2.75, 3.05) is 11.9 Å². The van der Waals surface area contributed by atoms with Gasteiger partial charge in [0, 0.05) is 18.3 Å². The Morgan fingerprint density at radius 2 is 1.86 bits per heavy atom. The van der Waals surface area contributed by atoms with E-state index < -0.39 is 5.97 Å². The van der Waals surface area contributed by atoms with Gasteiger partial charge in [-0.05, 0) is 44.0 Å². The molecular weight excluding hydrogens is 268 g/mol. The average molecular weight is 292 g/mol. The van der Waals surface area contributed by atoms with Crippen LogP contribution in [0.4, 0.5) is 10.5 Å². The van der Waals surface area contributed by atoms with Crippen molar-refractivity contribution in [3.8, 4) is 0 Å².